The van der Waals surface area contributed by atoms with Crippen LogP contribution in [0.4, 0.5) is 0 Å². The summed E-state index contributed by atoms with van der Waals surface area (Å²) in [5.41, 5.74) is 0.417. The Kier molecular flexibility index (Phi) is 2.77. The van der Waals surface area contributed by atoms with Gasteiger partial charge in [-0.2, -0.15) is 0 Å². The number of hydrogen-bond donors (Lipinski definition) is 0. The smallest absolute Gasteiger partial charge is 0.00129 e. The molecule has 0 nitrogen and oxygen atoms in total. The first kappa shape index (κ1) is 11.4. The lowest BCUT2D eigenvalue weighted by molar-refractivity contribution is 0.316. The summed E-state index contributed by atoms with van der Waals surface area (Å²) >= 11 is 0. The van der Waals surface area contributed by atoms with Crippen LogP contribution in [0.25, 0.3) is 0 Å². The van der Waals surface area contributed by atoms with E-state index in [2.05, 4.69) is 53.4 Å². The lowest BCUT2D eigenvalue weighted by Crippen LogP contribution is -2.40. The van der Waals surface area contributed by atoms with Crippen LogP contribution in [-0.4, -0.2) is 23.5 Å². The van der Waals surface area contributed by atoms with Crippen molar-refractivity contribution in [2.75, 3.05) is 18.8 Å². The van der Waals surface area contributed by atoms with Gasteiger partial charge in [-0.25, -0.2) is 10.0 Å². The molecular formula is C10H24S. The van der Waals surface area contributed by atoms with Crippen LogP contribution < -0.4 is 0 Å². The van der Waals surface area contributed by atoms with E-state index in [0.29, 0.717) is 10.2 Å². The monoisotopic (exact) mass is 176 g/mol. The zero-order valence-corrected chi connectivity index (χ0v) is 10.2. The van der Waals surface area contributed by atoms with Crippen molar-refractivity contribution in [1.29, 1.82) is 0 Å². The summed E-state index contributed by atoms with van der Waals surface area (Å²) in [4.78, 5) is 0. The molecule has 0 radical (unpaired) electrons. The topological polar surface area (TPSA) is 0 Å². The first-order valence-corrected chi connectivity index (χ1v) is 7.04. The van der Waals surface area contributed by atoms with E-state index in [1.807, 2.05) is 0 Å². The van der Waals surface area contributed by atoms with Gasteiger partial charge in [-0.15, -0.1) is 0 Å². The van der Waals surface area contributed by atoms with Crippen molar-refractivity contribution in [3.8, 4) is 0 Å². The van der Waals surface area contributed by atoms with Crippen molar-refractivity contribution in [3.63, 3.8) is 0 Å². The fourth-order valence-electron chi connectivity index (χ4n) is 0.919. The molecule has 0 amide bonds. The SMILES string of the molecule is CC(C)(C)C(C)(C)S(C)(C)C. The van der Waals surface area contributed by atoms with Crippen molar-refractivity contribution < 1.29 is 0 Å². The van der Waals surface area contributed by atoms with E-state index in [4.69, 9.17) is 0 Å². The van der Waals surface area contributed by atoms with Gasteiger partial charge < -0.3 is 0 Å². The molecule has 0 aromatic heterocycles. The summed E-state index contributed by atoms with van der Waals surface area (Å²) in [7, 11) is -0.460. The van der Waals surface area contributed by atoms with Gasteiger partial charge in [-0.1, -0.05) is 34.6 Å². The molecule has 0 fully saturated rings. The van der Waals surface area contributed by atoms with Crippen molar-refractivity contribution in [2.24, 2.45) is 5.41 Å². The third-order valence-electron chi connectivity index (χ3n) is 3.34. The Morgan fingerprint density at radius 1 is 0.727 bits per heavy atom. The second kappa shape index (κ2) is 2.69. The lowest BCUT2D eigenvalue weighted by atomic mass is 9.82. The van der Waals surface area contributed by atoms with E-state index >= 15 is 0 Å². The van der Waals surface area contributed by atoms with Gasteiger partial charge in [0.2, 0.25) is 0 Å². The van der Waals surface area contributed by atoms with Crippen molar-refractivity contribution >= 4 is 10.0 Å². The minimum absolute atomic E-state index is 0.417. The van der Waals surface area contributed by atoms with Gasteiger partial charge in [0.05, 0.1) is 0 Å². The van der Waals surface area contributed by atoms with Gasteiger partial charge in [0.25, 0.3) is 0 Å². The van der Waals surface area contributed by atoms with E-state index in [0.717, 1.165) is 0 Å². The first-order valence-electron chi connectivity index (χ1n) is 4.18. The molecule has 0 aromatic carbocycles. The summed E-state index contributed by atoms with van der Waals surface area (Å²) in [5, 5.41) is 0. The Balaban J connectivity index is 4.75. The molecule has 0 aliphatic rings. The fourth-order valence-corrected chi connectivity index (χ4v) is 2.76. The third-order valence-corrected chi connectivity index (χ3v) is 7.01. The third kappa shape index (κ3) is 2.14. The molecule has 0 atom stereocenters. The highest BCUT2D eigenvalue weighted by Crippen LogP contribution is 2.57. The highest BCUT2D eigenvalue weighted by molar-refractivity contribution is 8.33. The van der Waals surface area contributed by atoms with Crippen LogP contribution in [0.2, 0.25) is 0 Å². The summed E-state index contributed by atoms with van der Waals surface area (Å²) in [6.45, 7) is 11.8. The zero-order valence-electron chi connectivity index (χ0n) is 9.41. The van der Waals surface area contributed by atoms with Crippen LogP contribution in [0, 0.1) is 5.41 Å². The molecule has 11 heavy (non-hydrogen) atoms. The highest BCUT2D eigenvalue weighted by Gasteiger charge is 2.39. The molecule has 0 heterocycles. The molecule has 0 aromatic rings. The van der Waals surface area contributed by atoms with Crippen LogP contribution in [-0.2, 0) is 0 Å². The number of hydrogen-bond acceptors (Lipinski definition) is 0. The van der Waals surface area contributed by atoms with Gasteiger partial charge in [0.15, 0.2) is 0 Å². The first-order chi connectivity index (χ1) is 4.50. The number of rotatable bonds is 1. The van der Waals surface area contributed by atoms with E-state index in [-0.39, 0.29) is 0 Å². The highest BCUT2D eigenvalue weighted by atomic mass is 32.3. The standard InChI is InChI=1S/C10H24S/c1-9(2,3)10(4,5)11(6,7)8/h1-8H3. The molecule has 0 aliphatic carbocycles. The van der Waals surface area contributed by atoms with Gasteiger partial charge in [-0.3, -0.25) is 0 Å². The molecule has 0 spiro atoms. The summed E-state index contributed by atoms with van der Waals surface area (Å²) in [6.07, 6.45) is 7.20. The fraction of sp³-hybridized carbons (Fsp3) is 1.00. The minimum Gasteiger partial charge on any atom is -0.244 e. The Labute approximate surface area is 74.1 Å². The predicted octanol–water partition coefficient (Wildman–Crippen LogP) is 3.51. The molecule has 0 rings (SSSR count). The summed E-state index contributed by atoms with van der Waals surface area (Å²) in [6, 6.07) is 0. The molecule has 0 aliphatic heterocycles. The van der Waals surface area contributed by atoms with Gasteiger partial charge >= 0.3 is 0 Å². The average molecular weight is 176 g/mol. The quantitative estimate of drug-likeness (QED) is 0.573. The predicted molar refractivity (Wildman–Crippen MR) is 58.9 cm³/mol. The second-order valence-electron chi connectivity index (χ2n) is 5.60. The van der Waals surface area contributed by atoms with Crippen molar-refractivity contribution in [1.82, 2.24) is 0 Å². The molecular weight excluding hydrogens is 152 g/mol. The van der Waals surface area contributed by atoms with Crippen LogP contribution in [0.3, 0.4) is 0 Å². The molecule has 0 unspecified atom stereocenters. The largest absolute Gasteiger partial charge is 0.244 e. The maximum Gasteiger partial charge on any atom is -0.00129 e. The van der Waals surface area contributed by atoms with Crippen LogP contribution >= 0.6 is 10.0 Å². The van der Waals surface area contributed by atoms with Gasteiger partial charge in [0.1, 0.15) is 0 Å². The van der Waals surface area contributed by atoms with Crippen LogP contribution in [0.15, 0.2) is 0 Å². The molecule has 0 N–H and O–H groups in total. The van der Waals surface area contributed by atoms with E-state index in [1.54, 1.807) is 0 Å². The summed E-state index contributed by atoms with van der Waals surface area (Å²) < 4.78 is 0.458. The van der Waals surface area contributed by atoms with Gasteiger partial charge in [-0.05, 0) is 28.9 Å². The molecule has 1 heteroatoms. The molecule has 0 saturated carbocycles. The van der Waals surface area contributed by atoms with Crippen molar-refractivity contribution in [2.45, 2.75) is 39.4 Å². The van der Waals surface area contributed by atoms with E-state index in [9.17, 15) is 0 Å². The Morgan fingerprint density at radius 2 is 1.00 bits per heavy atom. The van der Waals surface area contributed by atoms with Crippen LogP contribution in [0.5, 0.6) is 0 Å². The molecule has 0 bridgehead atoms. The van der Waals surface area contributed by atoms with Crippen LogP contribution in [0.1, 0.15) is 34.6 Å². The maximum atomic E-state index is 2.40. The molecule has 70 valence electrons. The Bertz CT molecular complexity index is 116. The Morgan fingerprint density at radius 3 is 1.00 bits per heavy atom. The zero-order chi connectivity index (χ0) is 9.50. The van der Waals surface area contributed by atoms with E-state index < -0.39 is 10.0 Å². The van der Waals surface area contributed by atoms with E-state index in [1.165, 1.54) is 0 Å². The Hall–Kier alpha value is 0.350. The maximum absolute atomic E-state index is 2.40. The second-order valence-corrected chi connectivity index (χ2v) is 10.3. The molecule has 0 saturated heterocycles. The summed E-state index contributed by atoms with van der Waals surface area (Å²) in [5.74, 6) is 0. The van der Waals surface area contributed by atoms with Gasteiger partial charge in [0, 0.05) is 0 Å². The minimum atomic E-state index is -0.460. The lowest BCUT2D eigenvalue weighted by Gasteiger charge is -2.52. The van der Waals surface area contributed by atoms with Crippen molar-refractivity contribution in [3.05, 3.63) is 0 Å². The normalized spacial score (nSPS) is 16.7. The average Bonchev–Trinajstić information content (AvgIpc) is 1.58.